The van der Waals surface area contributed by atoms with Gasteiger partial charge >= 0.3 is 0 Å². The van der Waals surface area contributed by atoms with Gasteiger partial charge in [-0.2, -0.15) is 0 Å². The first-order chi connectivity index (χ1) is 30.1. The van der Waals surface area contributed by atoms with Crippen LogP contribution >= 0.6 is 0 Å². The molecule has 8 aromatic rings. The van der Waals surface area contributed by atoms with E-state index in [4.69, 9.17) is 0 Å². The van der Waals surface area contributed by atoms with Crippen molar-refractivity contribution in [3.63, 3.8) is 0 Å². The van der Waals surface area contributed by atoms with Crippen LogP contribution in [-0.2, 0) is 21.7 Å². The molecule has 0 amide bonds. The third-order valence-electron chi connectivity index (χ3n) is 14.9. The second-order valence-corrected chi connectivity index (χ2v) is 21.1. The molecule has 310 valence electrons. The van der Waals surface area contributed by atoms with Gasteiger partial charge in [0.05, 0.1) is 11.1 Å². The number of rotatable bonds is 4. The molecule has 0 aromatic heterocycles. The number of hydrogen-bond acceptors (Lipinski definition) is 1. The Labute approximate surface area is 375 Å². The summed E-state index contributed by atoms with van der Waals surface area (Å²) in [5.74, 6) is 0. The monoisotopic (exact) mass is 815 g/mol. The number of fused-ring (bicyclic) bond motifs is 13. The molecule has 3 aliphatic rings. The first-order valence-corrected chi connectivity index (χ1v) is 22.8. The molecule has 0 atom stereocenters. The van der Waals surface area contributed by atoms with Crippen molar-refractivity contribution in [3.8, 4) is 44.5 Å². The molecule has 1 nitrogen and oxygen atoms in total. The molecular weight excluding hydrogens is 759 g/mol. The van der Waals surface area contributed by atoms with Crippen LogP contribution in [-0.4, -0.2) is 0 Å². The molecule has 11 rings (SSSR count). The van der Waals surface area contributed by atoms with Crippen molar-refractivity contribution < 1.29 is 0 Å². The lowest BCUT2D eigenvalue weighted by Gasteiger charge is -2.34. The van der Waals surface area contributed by atoms with E-state index in [0.717, 1.165) is 11.4 Å². The van der Waals surface area contributed by atoms with E-state index < -0.39 is 5.41 Å². The van der Waals surface area contributed by atoms with Crippen LogP contribution in [0.1, 0.15) is 111 Å². The number of anilines is 3. The maximum absolute atomic E-state index is 2.57. The van der Waals surface area contributed by atoms with E-state index in [-0.39, 0.29) is 16.2 Å². The Kier molecular flexibility index (Phi) is 8.46. The van der Waals surface area contributed by atoms with Gasteiger partial charge in [0, 0.05) is 22.4 Å². The van der Waals surface area contributed by atoms with Crippen LogP contribution in [0.2, 0.25) is 0 Å². The van der Waals surface area contributed by atoms with Crippen LogP contribution < -0.4 is 4.90 Å². The van der Waals surface area contributed by atoms with Gasteiger partial charge in [0.2, 0.25) is 0 Å². The molecule has 0 N–H and O–H groups in total. The fraction of sp³-hybridized carbons (Fsp3) is 0.226. The van der Waals surface area contributed by atoms with Crippen LogP contribution in [0.15, 0.2) is 164 Å². The summed E-state index contributed by atoms with van der Waals surface area (Å²) in [7, 11) is 0. The molecule has 1 spiro atoms. The van der Waals surface area contributed by atoms with Crippen molar-refractivity contribution in [2.24, 2.45) is 0 Å². The Morgan fingerprint density at radius 1 is 0.365 bits per heavy atom. The molecular formula is C62H57N. The first-order valence-electron chi connectivity index (χ1n) is 22.8. The Balaban J connectivity index is 1.23. The average Bonchev–Trinajstić information content (AvgIpc) is 3.81. The third kappa shape index (κ3) is 5.61. The van der Waals surface area contributed by atoms with Gasteiger partial charge in [-0.1, -0.05) is 189 Å². The third-order valence-corrected chi connectivity index (χ3v) is 14.9. The fourth-order valence-electron chi connectivity index (χ4n) is 11.6. The van der Waals surface area contributed by atoms with E-state index in [1.54, 1.807) is 0 Å². The van der Waals surface area contributed by atoms with Crippen molar-refractivity contribution >= 4 is 17.1 Å². The molecule has 63 heavy (non-hydrogen) atoms. The normalized spacial score (nSPS) is 14.8. The zero-order valence-corrected chi connectivity index (χ0v) is 38.5. The molecule has 0 bridgehead atoms. The van der Waals surface area contributed by atoms with Gasteiger partial charge in [0.25, 0.3) is 0 Å². The van der Waals surface area contributed by atoms with Gasteiger partial charge < -0.3 is 4.90 Å². The molecule has 0 saturated heterocycles. The highest BCUT2D eigenvalue weighted by Gasteiger charge is 2.52. The Morgan fingerprint density at radius 2 is 0.778 bits per heavy atom. The number of aryl methyl sites for hydroxylation is 2. The van der Waals surface area contributed by atoms with Crippen LogP contribution in [0.4, 0.5) is 17.1 Å². The highest BCUT2D eigenvalue weighted by Crippen LogP contribution is 2.64. The number of nitrogens with zero attached hydrogens (tertiary/aromatic N) is 1. The summed E-state index contributed by atoms with van der Waals surface area (Å²) in [5, 5.41) is 0. The first kappa shape index (κ1) is 39.4. The Hall–Kier alpha value is -6.44. The van der Waals surface area contributed by atoms with Crippen molar-refractivity contribution in [2.45, 2.75) is 90.9 Å². The summed E-state index contributed by atoms with van der Waals surface area (Å²) in [6, 6.07) is 63.3. The minimum atomic E-state index is -0.505. The highest BCUT2D eigenvalue weighted by molar-refractivity contribution is 5.98. The molecule has 8 aromatic carbocycles. The summed E-state index contributed by atoms with van der Waals surface area (Å²) in [6.07, 6.45) is 0. The number of hydrogen-bond donors (Lipinski definition) is 0. The molecule has 0 saturated carbocycles. The molecule has 3 aliphatic carbocycles. The molecule has 0 fully saturated rings. The van der Waals surface area contributed by atoms with Crippen molar-refractivity contribution in [2.75, 3.05) is 4.90 Å². The number of para-hydroxylation sites is 1. The number of benzene rings is 8. The van der Waals surface area contributed by atoms with Crippen LogP contribution in [0.3, 0.4) is 0 Å². The fourth-order valence-corrected chi connectivity index (χ4v) is 11.6. The van der Waals surface area contributed by atoms with Crippen LogP contribution in [0, 0.1) is 13.8 Å². The maximum Gasteiger partial charge on any atom is 0.0726 e. The van der Waals surface area contributed by atoms with Gasteiger partial charge in [0.15, 0.2) is 0 Å². The van der Waals surface area contributed by atoms with Crippen molar-refractivity contribution in [3.05, 3.63) is 219 Å². The average molecular weight is 816 g/mol. The van der Waals surface area contributed by atoms with Crippen molar-refractivity contribution in [1.82, 2.24) is 0 Å². The van der Waals surface area contributed by atoms with Gasteiger partial charge in [-0.25, -0.2) is 0 Å². The highest BCUT2D eigenvalue weighted by atomic mass is 15.1. The Bertz CT molecular complexity index is 3110. The van der Waals surface area contributed by atoms with Crippen molar-refractivity contribution in [1.29, 1.82) is 0 Å². The summed E-state index contributed by atoms with van der Waals surface area (Å²) < 4.78 is 0. The zero-order valence-electron chi connectivity index (χ0n) is 38.5. The minimum Gasteiger partial charge on any atom is -0.310 e. The largest absolute Gasteiger partial charge is 0.310 e. The topological polar surface area (TPSA) is 3.24 Å². The summed E-state index contributed by atoms with van der Waals surface area (Å²) in [5.41, 5.74) is 26.8. The van der Waals surface area contributed by atoms with E-state index in [1.165, 1.54) is 106 Å². The van der Waals surface area contributed by atoms with E-state index >= 15 is 0 Å². The SMILES string of the molecule is Cc1cccc(C)c1-c1ccccc1N(c1ccc2c(c1)C(C)(C)c1ccccc1-2)c1ccc2c(c1)C1(c3ccccc3-2)c2cc(C(C)(C)C)ccc2-c2ccc(C(C)(C)C)cc21. The smallest absolute Gasteiger partial charge is 0.0726 e. The predicted octanol–water partition coefficient (Wildman–Crippen LogP) is 16.7. The summed E-state index contributed by atoms with van der Waals surface area (Å²) in [4.78, 5) is 2.56. The van der Waals surface area contributed by atoms with Gasteiger partial charge in [0.1, 0.15) is 0 Å². The lowest BCUT2D eigenvalue weighted by Crippen LogP contribution is -2.27. The molecule has 0 heterocycles. The van der Waals surface area contributed by atoms with E-state index in [1.807, 2.05) is 0 Å². The lowest BCUT2D eigenvalue weighted by atomic mass is 9.68. The molecule has 1 heteroatoms. The van der Waals surface area contributed by atoms with Gasteiger partial charge in [-0.05, 0) is 150 Å². The Morgan fingerprint density at radius 3 is 1.33 bits per heavy atom. The maximum atomic E-state index is 2.57. The standard InChI is InChI=1S/C62H57N/c1-38-18-17-19-39(2)58(38)50-22-13-16-25-57(50)63(42-28-32-46-44-20-11-14-23-51(44)61(9,10)53(46)36-42)43-29-33-49-45-21-12-15-24-52(45)62(56(49)37-43)54-34-40(59(3,4)5)26-30-47(54)48-31-27-41(35-55(48)62)60(6,7)8/h11-37H,1-10H3. The van der Waals surface area contributed by atoms with Crippen LogP contribution in [0.5, 0.6) is 0 Å². The molecule has 0 aliphatic heterocycles. The van der Waals surface area contributed by atoms with E-state index in [2.05, 4.69) is 238 Å². The second kappa shape index (κ2) is 13.5. The van der Waals surface area contributed by atoms with Gasteiger partial charge in [-0.3, -0.25) is 0 Å². The van der Waals surface area contributed by atoms with Gasteiger partial charge in [-0.15, -0.1) is 0 Å². The quantitative estimate of drug-likeness (QED) is 0.171. The minimum absolute atomic E-state index is 0.0143. The predicted molar refractivity (Wildman–Crippen MR) is 267 cm³/mol. The summed E-state index contributed by atoms with van der Waals surface area (Å²) >= 11 is 0. The van der Waals surface area contributed by atoms with E-state index in [0.29, 0.717) is 0 Å². The zero-order chi connectivity index (χ0) is 43.8. The molecule has 0 unspecified atom stereocenters. The van der Waals surface area contributed by atoms with Crippen LogP contribution in [0.25, 0.3) is 44.5 Å². The lowest BCUT2D eigenvalue weighted by molar-refractivity contribution is 0.586. The molecule has 0 radical (unpaired) electrons. The van der Waals surface area contributed by atoms with E-state index in [9.17, 15) is 0 Å². The summed E-state index contributed by atoms with van der Waals surface area (Å²) in [6.45, 7) is 23.3. The second-order valence-electron chi connectivity index (χ2n) is 21.1.